The molecule has 1 unspecified atom stereocenters. The number of halogens is 2. The second-order valence-electron chi connectivity index (χ2n) is 4.31. The first kappa shape index (κ1) is 16.4. The molecule has 1 aromatic carbocycles. The molecule has 1 heterocycles. The zero-order valence-electron chi connectivity index (χ0n) is 11.6. The molecule has 114 valence electrons. The Morgan fingerprint density at radius 3 is 2.45 bits per heavy atom. The van der Waals surface area contributed by atoms with Crippen LogP contribution in [0.15, 0.2) is 36.5 Å². The summed E-state index contributed by atoms with van der Waals surface area (Å²) in [5, 5.41) is 0.449. The summed E-state index contributed by atoms with van der Waals surface area (Å²) in [5.41, 5.74) is 0.524. The second-order valence-corrected chi connectivity index (χ2v) is 5.08. The lowest BCUT2D eigenvalue weighted by atomic mass is 9.94. The zero-order chi connectivity index (χ0) is 16.1. The molecule has 0 amide bonds. The Morgan fingerprint density at radius 2 is 1.86 bits per heavy atom. The lowest BCUT2D eigenvalue weighted by molar-refractivity contribution is -0.143. The number of aromatic nitrogens is 2. The molecule has 0 fully saturated rings. The fraction of sp³-hybridized carbons (Fsp3) is 0.200. The van der Waals surface area contributed by atoms with Gasteiger partial charge in [0.2, 0.25) is 5.28 Å². The van der Waals surface area contributed by atoms with Crippen molar-refractivity contribution in [2.45, 2.75) is 12.8 Å². The highest BCUT2D eigenvalue weighted by Crippen LogP contribution is 2.23. The first-order valence-electron chi connectivity index (χ1n) is 6.47. The third kappa shape index (κ3) is 3.81. The molecule has 5 nitrogen and oxygen atoms in total. The second kappa shape index (κ2) is 7.33. The van der Waals surface area contributed by atoms with Gasteiger partial charge in [-0.2, -0.15) is 0 Å². The third-order valence-electron chi connectivity index (χ3n) is 2.86. The van der Waals surface area contributed by atoms with Crippen molar-refractivity contribution in [3.05, 3.63) is 58.1 Å². The maximum absolute atomic E-state index is 12.6. The van der Waals surface area contributed by atoms with Gasteiger partial charge < -0.3 is 4.74 Å². The first-order valence-corrected chi connectivity index (χ1v) is 7.23. The van der Waals surface area contributed by atoms with E-state index in [2.05, 4.69) is 9.97 Å². The molecule has 0 saturated carbocycles. The standard InChI is InChI=1S/C15H12Cl2N2O3/c1-2-22-14(21)12(11-7-8-18-15(17)19-11)13(20)9-3-5-10(16)6-4-9/h3-8,12H,2H2,1H3. The van der Waals surface area contributed by atoms with Gasteiger partial charge in [-0.25, -0.2) is 9.97 Å². The van der Waals surface area contributed by atoms with Crippen LogP contribution in [-0.2, 0) is 9.53 Å². The van der Waals surface area contributed by atoms with E-state index >= 15 is 0 Å². The van der Waals surface area contributed by atoms with Gasteiger partial charge in [0.25, 0.3) is 0 Å². The van der Waals surface area contributed by atoms with Gasteiger partial charge in [0.15, 0.2) is 11.7 Å². The number of carbonyl (C=O) groups excluding carboxylic acids is 2. The summed E-state index contributed by atoms with van der Waals surface area (Å²) in [6.07, 6.45) is 1.38. The van der Waals surface area contributed by atoms with E-state index in [0.29, 0.717) is 10.6 Å². The summed E-state index contributed by atoms with van der Waals surface area (Å²) in [4.78, 5) is 32.5. The van der Waals surface area contributed by atoms with Gasteiger partial charge in [0, 0.05) is 16.8 Å². The smallest absolute Gasteiger partial charge is 0.323 e. The number of hydrogen-bond donors (Lipinski definition) is 0. The van der Waals surface area contributed by atoms with E-state index < -0.39 is 17.7 Å². The van der Waals surface area contributed by atoms with E-state index in [-0.39, 0.29) is 17.6 Å². The van der Waals surface area contributed by atoms with Crippen LogP contribution in [0.5, 0.6) is 0 Å². The number of ketones is 1. The average Bonchev–Trinajstić information content (AvgIpc) is 2.48. The minimum absolute atomic E-state index is 0.0456. The van der Waals surface area contributed by atoms with Crippen molar-refractivity contribution in [3.8, 4) is 0 Å². The molecule has 1 aromatic heterocycles. The van der Waals surface area contributed by atoms with Crippen molar-refractivity contribution in [3.63, 3.8) is 0 Å². The van der Waals surface area contributed by atoms with Crippen LogP contribution >= 0.6 is 23.2 Å². The van der Waals surface area contributed by atoms with E-state index in [1.165, 1.54) is 12.3 Å². The van der Waals surface area contributed by atoms with E-state index in [0.717, 1.165) is 0 Å². The number of carbonyl (C=O) groups is 2. The molecule has 0 aliphatic carbocycles. The summed E-state index contributed by atoms with van der Waals surface area (Å²) < 4.78 is 4.98. The molecule has 0 radical (unpaired) electrons. The van der Waals surface area contributed by atoms with Crippen molar-refractivity contribution >= 4 is 35.0 Å². The predicted octanol–water partition coefficient (Wildman–Crippen LogP) is 3.31. The highest BCUT2D eigenvalue weighted by Gasteiger charge is 2.32. The zero-order valence-corrected chi connectivity index (χ0v) is 13.1. The van der Waals surface area contributed by atoms with Crippen LogP contribution in [0, 0.1) is 0 Å². The number of hydrogen-bond acceptors (Lipinski definition) is 5. The normalized spacial score (nSPS) is 11.8. The van der Waals surface area contributed by atoms with Crippen LogP contribution in [0.3, 0.4) is 0 Å². The van der Waals surface area contributed by atoms with E-state index in [1.807, 2.05) is 0 Å². The van der Waals surface area contributed by atoms with Gasteiger partial charge >= 0.3 is 5.97 Å². The average molecular weight is 339 g/mol. The van der Waals surface area contributed by atoms with Gasteiger partial charge in [-0.05, 0) is 48.9 Å². The summed E-state index contributed by atoms with van der Waals surface area (Å²) in [7, 11) is 0. The SMILES string of the molecule is CCOC(=O)C(C(=O)c1ccc(Cl)cc1)c1ccnc(Cl)n1. The molecule has 7 heteroatoms. The number of Topliss-reactive ketones (excluding diaryl/α,β-unsaturated/α-hetero) is 1. The molecule has 0 N–H and O–H groups in total. The Morgan fingerprint density at radius 1 is 1.18 bits per heavy atom. The van der Waals surface area contributed by atoms with Gasteiger partial charge in [-0.15, -0.1) is 0 Å². The molecule has 22 heavy (non-hydrogen) atoms. The largest absolute Gasteiger partial charge is 0.465 e. The fourth-order valence-electron chi connectivity index (χ4n) is 1.88. The van der Waals surface area contributed by atoms with Gasteiger partial charge in [-0.3, -0.25) is 9.59 Å². The lowest BCUT2D eigenvalue weighted by Crippen LogP contribution is -2.25. The third-order valence-corrected chi connectivity index (χ3v) is 3.29. The molecular formula is C15H12Cl2N2O3. The van der Waals surface area contributed by atoms with Gasteiger partial charge in [-0.1, -0.05) is 11.6 Å². The number of nitrogens with zero attached hydrogens (tertiary/aromatic N) is 2. The van der Waals surface area contributed by atoms with Crippen molar-refractivity contribution < 1.29 is 14.3 Å². The highest BCUT2D eigenvalue weighted by molar-refractivity contribution is 6.30. The lowest BCUT2D eigenvalue weighted by Gasteiger charge is -2.14. The molecule has 2 rings (SSSR count). The van der Waals surface area contributed by atoms with E-state index in [1.54, 1.807) is 31.2 Å². The van der Waals surface area contributed by atoms with Crippen molar-refractivity contribution in [1.82, 2.24) is 9.97 Å². The van der Waals surface area contributed by atoms with Gasteiger partial charge in [0.1, 0.15) is 0 Å². The van der Waals surface area contributed by atoms with Crippen LogP contribution in [0.4, 0.5) is 0 Å². The summed E-state index contributed by atoms with van der Waals surface area (Å²) in [5.74, 6) is -2.32. The predicted molar refractivity (Wildman–Crippen MR) is 82.2 cm³/mol. The van der Waals surface area contributed by atoms with Crippen LogP contribution in [0.25, 0.3) is 0 Å². The van der Waals surface area contributed by atoms with Crippen LogP contribution in [0.2, 0.25) is 10.3 Å². The summed E-state index contributed by atoms with van der Waals surface area (Å²) in [6, 6.07) is 7.69. The Labute approximate surface area is 137 Å². The molecule has 0 saturated heterocycles. The summed E-state index contributed by atoms with van der Waals surface area (Å²) >= 11 is 11.5. The number of esters is 1. The first-order chi connectivity index (χ1) is 10.5. The molecule has 0 bridgehead atoms. The van der Waals surface area contributed by atoms with Crippen LogP contribution < -0.4 is 0 Å². The summed E-state index contributed by atoms with van der Waals surface area (Å²) in [6.45, 7) is 1.82. The minimum Gasteiger partial charge on any atom is -0.465 e. The van der Waals surface area contributed by atoms with Crippen molar-refractivity contribution in [2.24, 2.45) is 0 Å². The quantitative estimate of drug-likeness (QED) is 0.362. The van der Waals surface area contributed by atoms with E-state index in [4.69, 9.17) is 27.9 Å². The highest BCUT2D eigenvalue weighted by atomic mass is 35.5. The number of rotatable bonds is 5. The fourth-order valence-corrected chi connectivity index (χ4v) is 2.16. The molecular weight excluding hydrogens is 327 g/mol. The molecule has 2 aromatic rings. The Balaban J connectivity index is 2.42. The van der Waals surface area contributed by atoms with Crippen LogP contribution in [-0.4, -0.2) is 28.3 Å². The van der Waals surface area contributed by atoms with E-state index in [9.17, 15) is 9.59 Å². The maximum Gasteiger partial charge on any atom is 0.323 e. The van der Waals surface area contributed by atoms with Gasteiger partial charge in [0.05, 0.1) is 12.3 Å². The topological polar surface area (TPSA) is 69.2 Å². The van der Waals surface area contributed by atoms with Crippen molar-refractivity contribution in [1.29, 1.82) is 0 Å². The minimum atomic E-state index is -1.19. The number of benzene rings is 1. The van der Waals surface area contributed by atoms with Crippen molar-refractivity contribution in [2.75, 3.05) is 6.61 Å². The molecule has 0 spiro atoms. The number of ether oxygens (including phenoxy) is 1. The monoisotopic (exact) mass is 338 g/mol. The van der Waals surface area contributed by atoms with Crippen LogP contribution in [0.1, 0.15) is 28.9 Å². The molecule has 0 aliphatic rings. The molecule has 0 aliphatic heterocycles. The Hall–Kier alpha value is -1.98. The maximum atomic E-state index is 12.6. The Bertz CT molecular complexity index is 689. The molecule has 1 atom stereocenters. The Kier molecular flexibility index (Phi) is 5.46.